The van der Waals surface area contributed by atoms with Crippen LogP contribution in [0.4, 0.5) is 5.69 Å². The predicted molar refractivity (Wildman–Crippen MR) is 77.8 cm³/mol. The minimum Gasteiger partial charge on any atom is -0.469 e. The van der Waals surface area contributed by atoms with E-state index in [9.17, 15) is 14.4 Å². The van der Waals surface area contributed by atoms with Gasteiger partial charge in [-0.05, 0) is 12.1 Å². The van der Waals surface area contributed by atoms with E-state index in [1.54, 1.807) is 18.2 Å². The monoisotopic (exact) mass is 306 g/mol. The number of fused-ring (bicyclic) bond motifs is 1. The lowest BCUT2D eigenvalue weighted by atomic mass is 10.1. The first-order chi connectivity index (χ1) is 10.5. The Kier molecular flexibility index (Phi) is 4.65. The van der Waals surface area contributed by atoms with E-state index in [1.165, 1.54) is 19.1 Å². The van der Waals surface area contributed by atoms with Crippen LogP contribution in [0.3, 0.4) is 0 Å². The Balaban J connectivity index is 2.25. The van der Waals surface area contributed by atoms with E-state index in [2.05, 4.69) is 9.47 Å². The fourth-order valence-electron chi connectivity index (χ4n) is 2.52. The number of anilines is 1. The molecule has 0 saturated heterocycles. The third kappa shape index (κ3) is 3.03. The molecule has 0 aromatic heterocycles. The Morgan fingerprint density at radius 2 is 1.82 bits per heavy atom. The van der Waals surface area contributed by atoms with Crippen LogP contribution in [0.25, 0.3) is 0 Å². The van der Waals surface area contributed by atoms with Crippen molar-refractivity contribution in [2.45, 2.75) is 25.4 Å². The molecule has 22 heavy (non-hydrogen) atoms. The Morgan fingerprint density at radius 1 is 1.23 bits per heavy atom. The van der Waals surface area contributed by atoms with E-state index >= 15 is 0 Å². The highest BCUT2D eigenvalue weighted by Crippen LogP contribution is 2.30. The number of nitrogens with two attached hydrogens (primary N) is 1. The fourth-order valence-corrected chi connectivity index (χ4v) is 2.52. The number of benzene rings is 1. The van der Waals surface area contributed by atoms with Crippen LogP contribution in [0, 0.1) is 0 Å². The zero-order chi connectivity index (χ0) is 16.3. The lowest BCUT2D eigenvalue weighted by Gasteiger charge is -2.26. The fraction of sp³-hybridized carbons (Fsp3) is 0.400. The molecule has 7 nitrogen and oxygen atoms in total. The SMILES string of the molecule is COC(=O)CC(CC(=O)OC)N1Cc2c(N)cccc2C1=O. The van der Waals surface area contributed by atoms with Gasteiger partial charge in [0.25, 0.3) is 5.91 Å². The number of carbonyl (C=O) groups is 3. The van der Waals surface area contributed by atoms with Gasteiger partial charge < -0.3 is 20.1 Å². The average molecular weight is 306 g/mol. The third-order valence-electron chi connectivity index (χ3n) is 3.73. The van der Waals surface area contributed by atoms with Gasteiger partial charge in [-0.3, -0.25) is 14.4 Å². The van der Waals surface area contributed by atoms with Gasteiger partial charge in [0.2, 0.25) is 0 Å². The Labute approximate surface area is 128 Å². The van der Waals surface area contributed by atoms with Crippen molar-refractivity contribution in [3.05, 3.63) is 29.3 Å². The van der Waals surface area contributed by atoms with E-state index in [1.807, 2.05) is 0 Å². The van der Waals surface area contributed by atoms with Crippen molar-refractivity contribution >= 4 is 23.5 Å². The number of amides is 1. The number of methoxy groups -OCH3 is 2. The molecule has 7 heteroatoms. The molecular formula is C15H18N2O5. The first-order valence-corrected chi connectivity index (χ1v) is 6.79. The van der Waals surface area contributed by atoms with Crippen LogP contribution in [0.1, 0.15) is 28.8 Å². The van der Waals surface area contributed by atoms with E-state index in [4.69, 9.17) is 5.73 Å². The average Bonchev–Trinajstić information content (AvgIpc) is 2.85. The number of ether oxygens (including phenoxy) is 2. The molecule has 1 aromatic rings. The van der Waals surface area contributed by atoms with Crippen LogP contribution >= 0.6 is 0 Å². The Hall–Kier alpha value is -2.57. The number of hydrogen-bond donors (Lipinski definition) is 1. The van der Waals surface area contributed by atoms with Gasteiger partial charge in [-0.1, -0.05) is 6.07 Å². The minimum absolute atomic E-state index is 0.0781. The summed E-state index contributed by atoms with van der Waals surface area (Å²) in [6, 6.07) is 4.47. The summed E-state index contributed by atoms with van der Waals surface area (Å²) in [6.45, 7) is 0.263. The summed E-state index contributed by atoms with van der Waals surface area (Å²) in [6.07, 6.45) is -0.156. The van der Waals surface area contributed by atoms with E-state index < -0.39 is 18.0 Å². The summed E-state index contributed by atoms with van der Waals surface area (Å²) >= 11 is 0. The molecule has 2 rings (SSSR count). The quantitative estimate of drug-likeness (QED) is 0.635. The summed E-state index contributed by atoms with van der Waals surface area (Å²) in [5, 5.41) is 0. The van der Waals surface area contributed by atoms with Crippen molar-refractivity contribution in [1.82, 2.24) is 4.90 Å². The van der Waals surface area contributed by atoms with Gasteiger partial charge in [0, 0.05) is 23.4 Å². The predicted octanol–water partition coefficient (Wildman–Crippen LogP) is 0.719. The number of hydrogen-bond acceptors (Lipinski definition) is 6. The molecule has 1 aromatic carbocycles. The van der Waals surface area contributed by atoms with E-state index in [0.717, 1.165) is 0 Å². The zero-order valence-corrected chi connectivity index (χ0v) is 12.5. The summed E-state index contributed by atoms with van der Waals surface area (Å²) in [5.41, 5.74) is 7.62. The van der Waals surface area contributed by atoms with Gasteiger partial charge in [0.05, 0.1) is 33.1 Å². The Morgan fingerprint density at radius 3 is 2.32 bits per heavy atom. The third-order valence-corrected chi connectivity index (χ3v) is 3.73. The normalized spacial score (nSPS) is 13.2. The number of nitrogens with zero attached hydrogens (tertiary/aromatic N) is 1. The van der Waals surface area contributed by atoms with E-state index in [0.29, 0.717) is 16.8 Å². The molecule has 0 bridgehead atoms. The lowest BCUT2D eigenvalue weighted by Crippen LogP contribution is -2.39. The maximum Gasteiger partial charge on any atom is 0.307 e. The number of nitrogen functional groups attached to an aromatic ring is 1. The highest BCUT2D eigenvalue weighted by atomic mass is 16.5. The highest BCUT2D eigenvalue weighted by molar-refractivity contribution is 6.00. The first kappa shape index (κ1) is 15.8. The van der Waals surface area contributed by atoms with Crippen LogP contribution in [0.15, 0.2) is 18.2 Å². The summed E-state index contributed by atoms with van der Waals surface area (Å²) < 4.78 is 9.28. The van der Waals surface area contributed by atoms with Crippen LogP contribution in [0.5, 0.6) is 0 Å². The molecule has 1 aliphatic heterocycles. The van der Waals surface area contributed by atoms with Gasteiger partial charge in [-0.25, -0.2) is 0 Å². The minimum atomic E-state index is -0.626. The first-order valence-electron chi connectivity index (χ1n) is 6.79. The van der Waals surface area contributed by atoms with Crippen LogP contribution in [0.2, 0.25) is 0 Å². The summed E-state index contributed by atoms with van der Waals surface area (Å²) in [4.78, 5) is 37.1. The summed E-state index contributed by atoms with van der Waals surface area (Å²) in [7, 11) is 2.52. The van der Waals surface area contributed by atoms with Crippen molar-refractivity contribution in [1.29, 1.82) is 0 Å². The van der Waals surface area contributed by atoms with Crippen molar-refractivity contribution in [3.8, 4) is 0 Å². The van der Waals surface area contributed by atoms with Crippen molar-refractivity contribution in [3.63, 3.8) is 0 Å². The largest absolute Gasteiger partial charge is 0.469 e. The Bertz CT molecular complexity index is 596. The molecule has 1 heterocycles. The van der Waals surface area contributed by atoms with E-state index in [-0.39, 0.29) is 25.3 Å². The van der Waals surface area contributed by atoms with Crippen molar-refractivity contribution in [2.24, 2.45) is 0 Å². The maximum absolute atomic E-state index is 12.5. The molecule has 0 radical (unpaired) electrons. The second kappa shape index (κ2) is 6.46. The number of esters is 2. The molecule has 2 N–H and O–H groups in total. The molecule has 1 amide bonds. The van der Waals surface area contributed by atoms with Crippen LogP contribution < -0.4 is 5.73 Å². The van der Waals surface area contributed by atoms with Gasteiger partial charge in [0.1, 0.15) is 0 Å². The topological polar surface area (TPSA) is 98.9 Å². The lowest BCUT2D eigenvalue weighted by molar-refractivity contribution is -0.144. The second-order valence-electron chi connectivity index (χ2n) is 5.02. The van der Waals surface area contributed by atoms with Crippen molar-refractivity contribution < 1.29 is 23.9 Å². The van der Waals surface area contributed by atoms with Gasteiger partial charge in [0.15, 0.2) is 0 Å². The molecule has 0 spiro atoms. The molecule has 0 unspecified atom stereocenters. The van der Waals surface area contributed by atoms with Crippen LogP contribution in [-0.4, -0.2) is 43.0 Å². The molecule has 0 fully saturated rings. The van der Waals surface area contributed by atoms with Crippen molar-refractivity contribution in [2.75, 3.05) is 20.0 Å². The van der Waals surface area contributed by atoms with Crippen LogP contribution in [-0.2, 0) is 25.6 Å². The number of carbonyl (C=O) groups excluding carboxylic acids is 3. The van der Waals surface area contributed by atoms with Gasteiger partial charge in [-0.15, -0.1) is 0 Å². The maximum atomic E-state index is 12.5. The van der Waals surface area contributed by atoms with Gasteiger partial charge in [-0.2, -0.15) is 0 Å². The molecule has 118 valence electrons. The standard InChI is InChI=1S/C15H18N2O5/c1-21-13(18)6-9(7-14(19)22-2)17-8-11-10(15(17)20)4-3-5-12(11)16/h3-5,9H,6-8,16H2,1-2H3. The molecule has 0 aliphatic carbocycles. The molecular weight excluding hydrogens is 288 g/mol. The molecule has 0 atom stereocenters. The molecule has 0 saturated carbocycles. The number of rotatable bonds is 5. The van der Waals surface area contributed by atoms with Gasteiger partial charge >= 0.3 is 11.9 Å². The summed E-state index contributed by atoms with van der Waals surface area (Å²) in [5.74, 6) is -1.24. The highest BCUT2D eigenvalue weighted by Gasteiger charge is 2.36. The molecule has 1 aliphatic rings. The zero-order valence-electron chi connectivity index (χ0n) is 12.5. The second-order valence-corrected chi connectivity index (χ2v) is 5.02. The smallest absolute Gasteiger partial charge is 0.307 e.